The fraction of sp³-hybridized carbons (Fsp3) is 0.176. The Bertz CT molecular complexity index is 734. The molecule has 2 aromatic carbocycles. The fourth-order valence-electron chi connectivity index (χ4n) is 2.33. The highest BCUT2D eigenvalue weighted by molar-refractivity contribution is 5.78. The molecule has 4 heteroatoms. The first-order chi connectivity index (χ1) is 10.3. The van der Waals surface area contributed by atoms with Gasteiger partial charge in [-0.15, -0.1) is 0 Å². The summed E-state index contributed by atoms with van der Waals surface area (Å²) in [5, 5.41) is 2.96. The molecule has 0 bridgehead atoms. The van der Waals surface area contributed by atoms with Crippen molar-refractivity contribution < 1.29 is 4.79 Å². The molecule has 3 rings (SSSR count). The van der Waals surface area contributed by atoms with E-state index in [0.29, 0.717) is 13.0 Å². The van der Waals surface area contributed by atoms with Crippen LogP contribution in [0.25, 0.3) is 11.0 Å². The average Bonchev–Trinajstić information content (AvgIpc) is 2.96. The maximum atomic E-state index is 11.8. The number of fused-ring (bicyclic) bond motifs is 1. The minimum absolute atomic E-state index is 0.0591. The number of hydrogen-bond donors (Lipinski definition) is 2. The number of aromatic nitrogens is 2. The van der Waals surface area contributed by atoms with Crippen LogP contribution in [0.1, 0.15) is 11.1 Å². The molecule has 0 radical (unpaired) electrons. The van der Waals surface area contributed by atoms with Crippen LogP contribution >= 0.6 is 0 Å². The third kappa shape index (κ3) is 3.48. The maximum Gasteiger partial charge on any atom is 0.224 e. The second-order valence-corrected chi connectivity index (χ2v) is 5.02. The van der Waals surface area contributed by atoms with E-state index in [2.05, 4.69) is 21.4 Å². The van der Waals surface area contributed by atoms with Crippen LogP contribution in [-0.4, -0.2) is 22.4 Å². The zero-order valence-electron chi connectivity index (χ0n) is 11.7. The lowest BCUT2D eigenvalue weighted by atomic mass is 10.1. The quantitative estimate of drug-likeness (QED) is 0.753. The van der Waals surface area contributed by atoms with Crippen LogP contribution in [0.3, 0.4) is 0 Å². The molecule has 0 unspecified atom stereocenters. The second kappa shape index (κ2) is 6.22. The van der Waals surface area contributed by atoms with E-state index in [1.807, 2.05) is 42.5 Å². The van der Waals surface area contributed by atoms with Crippen molar-refractivity contribution in [3.05, 3.63) is 66.0 Å². The Hall–Kier alpha value is -2.62. The van der Waals surface area contributed by atoms with Crippen LogP contribution in [0.2, 0.25) is 0 Å². The van der Waals surface area contributed by atoms with Gasteiger partial charge in [0.2, 0.25) is 5.91 Å². The highest BCUT2D eigenvalue weighted by Gasteiger charge is 2.03. The number of carbonyl (C=O) groups is 1. The maximum absolute atomic E-state index is 11.8. The Morgan fingerprint density at radius 1 is 1.10 bits per heavy atom. The number of rotatable bonds is 5. The molecule has 3 aromatic rings. The van der Waals surface area contributed by atoms with E-state index >= 15 is 0 Å². The lowest BCUT2D eigenvalue weighted by Crippen LogP contribution is -2.27. The Kier molecular flexibility index (Phi) is 3.96. The van der Waals surface area contributed by atoms with Gasteiger partial charge in [0.1, 0.15) is 0 Å². The minimum atomic E-state index is 0.0591. The van der Waals surface area contributed by atoms with Gasteiger partial charge in [-0.05, 0) is 29.7 Å². The smallest absolute Gasteiger partial charge is 0.224 e. The van der Waals surface area contributed by atoms with Crippen molar-refractivity contribution in [1.82, 2.24) is 15.3 Å². The van der Waals surface area contributed by atoms with Crippen LogP contribution in [0.15, 0.2) is 54.9 Å². The van der Waals surface area contributed by atoms with Gasteiger partial charge in [0.05, 0.1) is 23.8 Å². The summed E-state index contributed by atoms with van der Waals surface area (Å²) in [4.78, 5) is 19.1. The molecule has 0 saturated carbocycles. The third-order valence-corrected chi connectivity index (χ3v) is 3.43. The average molecular weight is 279 g/mol. The molecular weight excluding hydrogens is 262 g/mol. The molecule has 0 aliphatic heterocycles. The van der Waals surface area contributed by atoms with E-state index < -0.39 is 0 Å². The van der Waals surface area contributed by atoms with Gasteiger partial charge in [-0.25, -0.2) is 4.98 Å². The lowest BCUT2D eigenvalue weighted by molar-refractivity contribution is -0.120. The monoisotopic (exact) mass is 279 g/mol. The van der Waals surface area contributed by atoms with Crippen molar-refractivity contribution in [1.29, 1.82) is 0 Å². The molecular formula is C17H17N3O. The molecule has 1 heterocycles. The first-order valence-corrected chi connectivity index (χ1v) is 7.04. The summed E-state index contributed by atoms with van der Waals surface area (Å²) >= 11 is 0. The number of H-pyrrole nitrogens is 1. The third-order valence-electron chi connectivity index (χ3n) is 3.43. The number of amides is 1. The SMILES string of the molecule is O=C(Cc1ccccc1)NCCc1ccc2nc[nH]c2c1. The number of nitrogens with zero attached hydrogens (tertiary/aromatic N) is 1. The summed E-state index contributed by atoms with van der Waals surface area (Å²) in [6.07, 6.45) is 2.94. The van der Waals surface area contributed by atoms with Gasteiger partial charge in [-0.3, -0.25) is 4.79 Å². The summed E-state index contributed by atoms with van der Waals surface area (Å²) in [6.45, 7) is 0.644. The Labute approximate surface area is 123 Å². The molecule has 1 aromatic heterocycles. The van der Waals surface area contributed by atoms with Gasteiger partial charge >= 0.3 is 0 Å². The summed E-state index contributed by atoms with van der Waals surface area (Å²) in [5.41, 5.74) is 4.22. The summed E-state index contributed by atoms with van der Waals surface area (Å²) in [5.74, 6) is 0.0591. The van der Waals surface area contributed by atoms with Crippen molar-refractivity contribution in [3.8, 4) is 0 Å². The normalized spacial score (nSPS) is 10.7. The number of hydrogen-bond acceptors (Lipinski definition) is 2. The van der Waals surface area contributed by atoms with Crippen LogP contribution in [0, 0.1) is 0 Å². The van der Waals surface area contributed by atoms with Crippen LogP contribution in [-0.2, 0) is 17.6 Å². The molecule has 4 nitrogen and oxygen atoms in total. The van der Waals surface area contributed by atoms with Crippen LogP contribution in [0.5, 0.6) is 0 Å². The summed E-state index contributed by atoms with van der Waals surface area (Å²) in [7, 11) is 0. The van der Waals surface area contributed by atoms with Crippen molar-refractivity contribution in [2.24, 2.45) is 0 Å². The van der Waals surface area contributed by atoms with Crippen molar-refractivity contribution in [2.75, 3.05) is 6.54 Å². The predicted molar refractivity (Wildman–Crippen MR) is 83.0 cm³/mol. The molecule has 0 atom stereocenters. The number of carbonyl (C=O) groups excluding carboxylic acids is 1. The molecule has 0 aliphatic carbocycles. The van der Waals surface area contributed by atoms with Gasteiger partial charge in [0.25, 0.3) is 0 Å². The van der Waals surface area contributed by atoms with E-state index in [1.165, 1.54) is 5.56 Å². The van der Waals surface area contributed by atoms with Crippen LogP contribution in [0.4, 0.5) is 0 Å². The minimum Gasteiger partial charge on any atom is -0.355 e. The van der Waals surface area contributed by atoms with Gasteiger partial charge < -0.3 is 10.3 Å². The van der Waals surface area contributed by atoms with E-state index in [0.717, 1.165) is 23.0 Å². The molecule has 0 saturated heterocycles. The summed E-state index contributed by atoms with van der Waals surface area (Å²) < 4.78 is 0. The predicted octanol–water partition coefficient (Wildman–Crippen LogP) is 2.46. The van der Waals surface area contributed by atoms with Crippen molar-refractivity contribution >= 4 is 16.9 Å². The van der Waals surface area contributed by atoms with E-state index in [-0.39, 0.29) is 5.91 Å². The molecule has 0 aliphatic rings. The molecule has 0 spiro atoms. The number of nitrogens with one attached hydrogen (secondary N) is 2. The zero-order valence-corrected chi connectivity index (χ0v) is 11.7. The number of benzene rings is 2. The molecule has 106 valence electrons. The van der Waals surface area contributed by atoms with E-state index in [9.17, 15) is 4.79 Å². The number of imidazole rings is 1. The topological polar surface area (TPSA) is 57.8 Å². The van der Waals surface area contributed by atoms with Gasteiger partial charge in [0, 0.05) is 6.54 Å². The van der Waals surface area contributed by atoms with Gasteiger partial charge in [-0.1, -0.05) is 36.4 Å². The van der Waals surface area contributed by atoms with E-state index in [4.69, 9.17) is 0 Å². The molecule has 1 amide bonds. The molecule has 21 heavy (non-hydrogen) atoms. The lowest BCUT2D eigenvalue weighted by Gasteiger charge is -2.05. The Balaban J connectivity index is 1.50. The Morgan fingerprint density at radius 3 is 2.81 bits per heavy atom. The first-order valence-electron chi connectivity index (χ1n) is 7.04. The second-order valence-electron chi connectivity index (χ2n) is 5.02. The standard InChI is InChI=1S/C17H17N3O/c21-17(11-13-4-2-1-3-5-13)18-9-8-14-6-7-15-16(10-14)20-12-19-15/h1-7,10,12H,8-9,11H2,(H,18,21)(H,19,20). The number of aromatic amines is 1. The highest BCUT2D eigenvalue weighted by atomic mass is 16.1. The van der Waals surface area contributed by atoms with Crippen molar-refractivity contribution in [2.45, 2.75) is 12.8 Å². The summed E-state index contributed by atoms with van der Waals surface area (Å²) in [6, 6.07) is 15.9. The Morgan fingerprint density at radius 2 is 1.95 bits per heavy atom. The van der Waals surface area contributed by atoms with Crippen LogP contribution < -0.4 is 5.32 Å². The van der Waals surface area contributed by atoms with Gasteiger partial charge in [0.15, 0.2) is 0 Å². The highest BCUT2D eigenvalue weighted by Crippen LogP contribution is 2.11. The molecule has 0 fully saturated rings. The van der Waals surface area contributed by atoms with Gasteiger partial charge in [-0.2, -0.15) is 0 Å². The fourth-order valence-corrected chi connectivity index (χ4v) is 2.33. The largest absolute Gasteiger partial charge is 0.355 e. The first kappa shape index (κ1) is 13.4. The molecule has 2 N–H and O–H groups in total. The zero-order chi connectivity index (χ0) is 14.5. The van der Waals surface area contributed by atoms with E-state index in [1.54, 1.807) is 6.33 Å². The van der Waals surface area contributed by atoms with Crippen molar-refractivity contribution in [3.63, 3.8) is 0 Å².